The third-order valence-electron chi connectivity index (χ3n) is 5.22. The zero-order valence-corrected chi connectivity index (χ0v) is 18.0. The highest BCUT2D eigenvalue weighted by Crippen LogP contribution is 2.39. The highest BCUT2D eigenvalue weighted by Gasteiger charge is 2.34. The molecular weight excluding hydrogens is 374 g/mol. The van der Waals surface area contributed by atoms with Gasteiger partial charge in [-0.1, -0.05) is 6.07 Å². The molecule has 3 N–H and O–H groups in total. The van der Waals surface area contributed by atoms with Crippen molar-refractivity contribution in [3.8, 4) is 17.2 Å². The predicted molar refractivity (Wildman–Crippen MR) is 113 cm³/mol. The van der Waals surface area contributed by atoms with Crippen molar-refractivity contribution in [2.24, 2.45) is 10.4 Å². The quantitative estimate of drug-likeness (QED) is 0.378. The Labute approximate surface area is 173 Å². The number of rotatable bonds is 11. The van der Waals surface area contributed by atoms with Crippen LogP contribution in [0.1, 0.15) is 25.3 Å². The van der Waals surface area contributed by atoms with Crippen molar-refractivity contribution in [2.75, 3.05) is 60.8 Å². The van der Waals surface area contributed by atoms with E-state index in [4.69, 9.17) is 23.9 Å². The number of benzene rings is 1. The monoisotopic (exact) mass is 409 g/mol. The Morgan fingerprint density at radius 3 is 2.55 bits per heavy atom. The second kappa shape index (κ2) is 11.7. The SMILES string of the molecule is CCNC(=NCC1(CCO)CCOC1)NCCc1ccc(OC)c(OC)c1OC. The minimum Gasteiger partial charge on any atom is -0.493 e. The van der Waals surface area contributed by atoms with Crippen LogP contribution < -0.4 is 24.8 Å². The summed E-state index contributed by atoms with van der Waals surface area (Å²) in [5.74, 6) is 2.68. The highest BCUT2D eigenvalue weighted by atomic mass is 16.5. The largest absolute Gasteiger partial charge is 0.493 e. The molecule has 0 aliphatic carbocycles. The number of ether oxygens (including phenoxy) is 4. The van der Waals surface area contributed by atoms with Gasteiger partial charge in [0.15, 0.2) is 17.5 Å². The van der Waals surface area contributed by atoms with E-state index in [1.54, 1.807) is 21.3 Å². The standard InChI is InChI=1S/C21H35N3O5/c1-5-22-20(24-14-21(9-12-25)10-13-29-15-21)23-11-8-16-6-7-17(26-2)19(28-4)18(16)27-3/h6-7,25H,5,8-15H2,1-4H3,(H2,22,23,24). The van der Waals surface area contributed by atoms with Crippen LogP contribution in [0.3, 0.4) is 0 Å². The molecule has 0 saturated carbocycles. The van der Waals surface area contributed by atoms with Crippen molar-refractivity contribution in [1.29, 1.82) is 0 Å². The van der Waals surface area contributed by atoms with Gasteiger partial charge in [0.25, 0.3) is 0 Å². The zero-order chi connectivity index (χ0) is 21.1. The van der Waals surface area contributed by atoms with Gasteiger partial charge in [-0.25, -0.2) is 0 Å². The van der Waals surface area contributed by atoms with Crippen LogP contribution in [0.2, 0.25) is 0 Å². The molecule has 8 nitrogen and oxygen atoms in total. The van der Waals surface area contributed by atoms with Gasteiger partial charge < -0.3 is 34.7 Å². The summed E-state index contributed by atoms with van der Waals surface area (Å²) in [6, 6.07) is 3.87. The summed E-state index contributed by atoms with van der Waals surface area (Å²) in [7, 11) is 4.84. The molecule has 1 unspecified atom stereocenters. The normalized spacial score (nSPS) is 19.1. The van der Waals surface area contributed by atoms with Crippen LogP contribution in [-0.4, -0.2) is 71.9 Å². The molecule has 29 heavy (non-hydrogen) atoms. The first-order valence-electron chi connectivity index (χ1n) is 10.1. The second-order valence-electron chi connectivity index (χ2n) is 7.14. The number of methoxy groups -OCH3 is 3. The Bertz CT molecular complexity index is 660. The highest BCUT2D eigenvalue weighted by molar-refractivity contribution is 5.79. The summed E-state index contributed by atoms with van der Waals surface area (Å²) >= 11 is 0. The number of nitrogens with zero attached hydrogens (tertiary/aromatic N) is 1. The maximum absolute atomic E-state index is 9.39. The van der Waals surface area contributed by atoms with Gasteiger partial charge in [-0.3, -0.25) is 4.99 Å². The Hall–Kier alpha value is -2.19. The molecule has 0 radical (unpaired) electrons. The van der Waals surface area contributed by atoms with Crippen molar-refractivity contribution in [3.05, 3.63) is 17.7 Å². The first-order chi connectivity index (χ1) is 14.1. The molecule has 1 aromatic rings. The van der Waals surface area contributed by atoms with Crippen molar-refractivity contribution >= 4 is 5.96 Å². The molecule has 1 aliphatic rings. The molecule has 164 valence electrons. The molecule has 1 heterocycles. The van der Waals surface area contributed by atoms with E-state index in [9.17, 15) is 5.11 Å². The number of hydrogen-bond donors (Lipinski definition) is 3. The van der Waals surface area contributed by atoms with Crippen molar-refractivity contribution in [2.45, 2.75) is 26.2 Å². The molecule has 0 aromatic heterocycles. The van der Waals surface area contributed by atoms with Crippen LogP contribution in [0.4, 0.5) is 0 Å². The zero-order valence-electron chi connectivity index (χ0n) is 18.0. The fourth-order valence-electron chi connectivity index (χ4n) is 3.55. The number of guanidine groups is 1. The van der Waals surface area contributed by atoms with E-state index in [1.165, 1.54) is 0 Å². The van der Waals surface area contributed by atoms with Gasteiger partial charge >= 0.3 is 0 Å². The Balaban J connectivity index is 2.02. The predicted octanol–water partition coefficient (Wildman–Crippen LogP) is 1.60. The minimum atomic E-state index is -0.0658. The van der Waals surface area contributed by atoms with E-state index in [0.717, 1.165) is 37.5 Å². The molecule has 1 saturated heterocycles. The molecule has 1 aliphatic heterocycles. The lowest BCUT2D eigenvalue weighted by atomic mass is 9.84. The molecule has 1 aromatic carbocycles. The molecule has 0 spiro atoms. The van der Waals surface area contributed by atoms with Crippen LogP contribution in [0.25, 0.3) is 0 Å². The van der Waals surface area contributed by atoms with E-state index < -0.39 is 0 Å². The van der Waals surface area contributed by atoms with Gasteiger partial charge in [0.2, 0.25) is 5.75 Å². The summed E-state index contributed by atoms with van der Waals surface area (Å²) in [6.45, 7) is 5.66. The number of aliphatic hydroxyl groups is 1. The van der Waals surface area contributed by atoms with Crippen molar-refractivity contribution in [1.82, 2.24) is 10.6 Å². The minimum absolute atomic E-state index is 0.0658. The summed E-state index contributed by atoms with van der Waals surface area (Å²) in [6.07, 6.45) is 2.37. The van der Waals surface area contributed by atoms with Gasteiger partial charge in [-0.2, -0.15) is 0 Å². The summed E-state index contributed by atoms with van der Waals surface area (Å²) in [5.41, 5.74) is 0.957. The maximum Gasteiger partial charge on any atom is 0.203 e. The molecule has 0 amide bonds. The van der Waals surface area contributed by atoms with Crippen molar-refractivity contribution in [3.63, 3.8) is 0 Å². The number of hydrogen-bond acceptors (Lipinski definition) is 6. The fraction of sp³-hybridized carbons (Fsp3) is 0.667. The fourth-order valence-corrected chi connectivity index (χ4v) is 3.55. The average molecular weight is 410 g/mol. The van der Waals surface area contributed by atoms with E-state index in [2.05, 4.69) is 10.6 Å². The maximum atomic E-state index is 9.39. The summed E-state index contributed by atoms with van der Waals surface area (Å²) < 4.78 is 21.9. The van der Waals surface area contributed by atoms with Crippen LogP contribution in [0.5, 0.6) is 17.2 Å². The smallest absolute Gasteiger partial charge is 0.203 e. The number of aliphatic hydroxyl groups excluding tert-OH is 1. The van der Waals surface area contributed by atoms with Crippen molar-refractivity contribution < 1.29 is 24.1 Å². The van der Waals surface area contributed by atoms with Crippen LogP contribution >= 0.6 is 0 Å². The Morgan fingerprint density at radius 1 is 1.17 bits per heavy atom. The topological polar surface area (TPSA) is 93.6 Å². The summed E-state index contributed by atoms with van der Waals surface area (Å²) in [4.78, 5) is 4.75. The molecule has 1 fully saturated rings. The Morgan fingerprint density at radius 2 is 1.97 bits per heavy atom. The van der Waals surface area contributed by atoms with E-state index in [1.807, 2.05) is 19.1 Å². The molecule has 2 rings (SSSR count). The van der Waals surface area contributed by atoms with Crippen LogP contribution in [-0.2, 0) is 11.2 Å². The average Bonchev–Trinajstić information content (AvgIpc) is 3.20. The van der Waals surface area contributed by atoms with Gasteiger partial charge in [0.05, 0.1) is 34.5 Å². The lowest BCUT2D eigenvalue weighted by molar-refractivity contribution is 0.131. The van der Waals surface area contributed by atoms with E-state index >= 15 is 0 Å². The molecule has 1 atom stereocenters. The third-order valence-corrected chi connectivity index (χ3v) is 5.22. The number of aliphatic imine (C=N–C) groups is 1. The van der Waals surface area contributed by atoms with E-state index in [0.29, 0.717) is 43.4 Å². The molecule has 8 heteroatoms. The van der Waals surface area contributed by atoms with Gasteiger partial charge in [0.1, 0.15) is 0 Å². The van der Waals surface area contributed by atoms with E-state index in [-0.39, 0.29) is 12.0 Å². The van der Waals surface area contributed by atoms with Gasteiger partial charge in [-0.05, 0) is 32.3 Å². The van der Waals surface area contributed by atoms with Crippen LogP contribution in [0.15, 0.2) is 17.1 Å². The summed E-state index contributed by atoms with van der Waals surface area (Å²) in [5, 5.41) is 16.1. The lowest BCUT2D eigenvalue weighted by Crippen LogP contribution is -2.39. The Kier molecular flexibility index (Phi) is 9.34. The first-order valence-corrected chi connectivity index (χ1v) is 10.1. The van der Waals surface area contributed by atoms with Crippen LogP contribution in [0, 0.1) is 5.41 Å². The first kappa shape index (κ1) is 23.1. The molecular formula is C21H35N3O5. The third kappa shape index (κ3) is 6.14. The second-order valence-corrected chi connectivity index (χ2v) is 7.14. The van der Waals surface area contributed by atoms with Gasteiger partial charge in [-0.15, -0.1) is 0 Å². The lowest BCUT2D eigenvalue weighted by Gasteiger charge is -2.25. The van der Waals surface area contributed by atoms with Gasteiger partial charge in [0, 0.05) is 37.3 Å². The molecule has 0 bridgehead atoms. The number of nitrogens with one attached hydrogen (secondary N) is 2.